The highest BCUT2D eigenvalue weighted by Gasteiger charge is 2.23. The molecular weight excluding hydrogens is 414 g/mol. The van der Waals surface area contributed by atoms with Crippen LogP contribution in [-0.4, -0.2) is 69.4 Å². The van der Waals surface area contributed by atoms with Crippen LogP contribution in [0, 0.1) is 6.92 Å². The fourth-order valence-electron chi connectivity index (χ4n) is 4.55. The third kappa shape index (κ3) is 5.67. The molecule has 1 fully saturated rings. The minimum absolute atomic E-state index is 0.231. The molecule has 0 amide bonds. The number of aromatic amines is 1. The van der Waals surface area contributed by atoms with Gasteiger partial charge in [-0.15, -0.1) is 0 Å². The number of aliphatic imine (C=N–C) groups is 1. The number of nitrogens with zero attached hydrogens (tertiary/aromatic N) is 2. The first-order valence-corrected chi connectivity index (χ1v) is 11.7. The third-order valence-electron chi connectivity index (χ3n) is 6.36. The Morgan fingerprint density at radius 3 is 2.67 bits per heavy atom. The number of aromatic nitrogens is 1. The van der Waals surface area contributed by atoms with Crippen molar-refractivity contribution in [2.24, 2.45) is 4.99 Å². The van der Waals surface area contributed by atoms with Crippen LogP contribution in [-0.2, 0) is 11.2 Å². The highest BCUT2D eigenvalue weighted by Crippen LogP contribution is 2.24. The predicted octanol–water partition coefficient (Wildman–Crippen LogP) is 3.27. The highest BCUT2D eigenvalue weighted by atomic mass is 16.5. The molecule has 0 spiro atoms. The molecule has 0 bridgehead atoms. The van der Waals surface area contributed by atoms with Gasteiger partial charge in [-0.25, -0.2) is 0 Å². The van der Waals surface area contributed by atoms with E-state index in [1.54, 1.807) is 7.11 Å². The Morgan fingerprint density at radius 2 is 1.94 bits per heavy atom. The van der Waals surface area contributed by atoms with E-state index in [0.717, 1.165) is 57.5 Å². The number of hydrogen-bond acceptors (Lipinski definition) is 4. The molecule has 1 aliphatic rings. The summed E-state index contributed by atoms with van der Waals surface area (Å²) in [6.07, 6.45) is 3.05. The molecule has 0 saturated carbocycles. The number of benzene rings is 2. The topological polar surface area (TPSA) is 73.9 Å². The highest BCUT2D eigenvalue weighted by molar-refractivity contribution is 5.86. The number of morpholine rings is 1. The van der Waals surface area contributed by atoms with Crippen LogP contribution >= 0.6 is 0 Å². The zero-order valence-corrected chi connectivity index (χ0v) is 19.9. The molecule has 33 heavy (non-hydrogen) atoms. The van der Waals surface area contributed by atoms with Crippen molar-refractivity contribution in [1.29, 1.82) is 0 Å². The first-order chi connectivity index (χ1) is 16.2. The average Bonchev–Trinajstić information content (AvgIpc) is 3.28. The molecule has 3 N–H and O–H groups in total. The van der Waals surface area contributed by atoms with Crippen LogP contribution in [0.4, 0.5) is 0 Å². The van der Waals surface area contributed by atoms with Gasteiger partial charge in [0.1, 0.15) is 5.75 Å². The number of nitrogens with one attached hydrogen (secondary N) is 3. The molecule has 4 rings (SSSR count). The Balaban J connectivity index is 1.37. The molecule has 176 valence electrons. The summed E-state index contributed by atoms with van der Waals surface area (Å²) in [4.78, 5) is 10.3. The van der Waals surface area contributed by atoms with E-state index in [1.807, 2.05) is 19.2 Å². The Morgan fingerprint density at radius 1 is 1.15 bits per heavy atom. The molecule has 3 aromatic rings. The molecule has 7 nitrogen and oxygen atoms in total. The summed E-state index contributed by atoms with van der Waals surface area (Å²) in [6.45, 7) is 7.12. The van der Waals surface area contributed by atoms with Gasteiger partial charge < -0.3 is 25.1 Å². The normalized spacial score (nSPS) is 16.0. The molecular formula is C26H35N5O2. The predicted molar refractivity (Wildman–Crippen MR) is 134 cm³/mol. The zero-order chi connectivity index (χ0) is 23.0. The Hall–Kier alpha value is -3.03. The maximum absolute atomic E-state index is 5.58. The molecule has 1 atom stereocenters. The van der Waals surface area contributed by atoms with Crippen molar-refractivity contribution in [1.82, 2.24) is 20.5 Å². The maximum atomic E-state index is 5.58. The molecule has 0 radical (unpaired) electrons. The number of ether oxygens (including phenoxy) is 2. The first-order valence-electron chi connectivity index (χ1n) is 11.7. The lowest BCUT2D eigenvalue weighted by Crippen LogP contribution is -2.46. The number of methoxy groups -OCH3 is 1. The van der Waals surface area contributed by atoms with Crippen LogP contribution in [0.25, 0.3) is 10.9 Å². The monoisotopic (exact) mass is 449 g/mol. The van der Waals surface area contributed by atoms with Crippen molar-refractivity contribution in [3.05, 3.63) is 65.4 Å². The van der Waals surface area contributed by atoms with E-state index in [-0.39, 0.29) is 6.04 Å². The van der Waals surface area contributed by atoms with Crippen LogP contribution in [0.2, 0.25) is 0 Å². The summed E-state index contributed by atoms with van der Waals surface area (Å²) < 4.78 is 10.9. The molecule has 1 aromatic heterocycles. The second-order valence-corrected chi connectivity index (χ2v) is 8.38. The van der Waals surface area contributed by atoms with E-state index < -0.39 is 0 Å². The van der Waals surface area contributed by atoms with Crippen molar-refractivity contribution < 1.29 is 9.47 Å². The van der Waals surface area contributed by atoms with Crippen molar-refractivity contribution in [3.8, 4) is 5.75 Å². The van der Waals surface area contributed by atoms with Gasteiger partial charge in [-0.05, 0) is 48.2 Å². The van der Waals surface area contributed by atoms with Crippen LogP contribution < -0.4 is 15.4 Å². The molecule has 0 aliphatic carbocycles. The van der Waals surface area contributed by atoms with E-state index in [0.29, 0.717) is 0 Å². The molecule has 2 aromatic carbocycles. The van der Waals surface area contributed by atoms with E-state index in [1.165, 1.54) is 27.6 Å². The minimum Gasteiger partial charge on any atom is -0.497 e. The number of guanidine groups is 1. The lowest BCUT2D eigenvalue weighted by Gasteiger charge is -2.35. The van der Waals surface area contributed by atoms with E-state index in [2.05, 4.69) is 69.0 Å². The van der Waals surface area contributed by atoms with Crippen LogP contribution in [0.5, 0.6) is 5.75 Å². The average molecular weight is 450 g/mol. The summed E-state index contributed by atoms with van der Waals surface area (Å²) >= 11 is 0. The number of H-pyrrole nitrogens is 1. The van der Waals surface area contributed by atoms with E-state index in [9.17, 15) is 0 Å². The van der Waals surface area contributed by atoms with Crippen LogP contribution in [0.15, 0.2) is 53.7 Å². The lowest BCUT2D eigenvalue weighted by molar-refractivity contribution is 0.0170. The number of aryl methyl sites for hydroxylation is 1. The number of hydrogen-bond donors (Lipinski definition) is 3. The SMILES string of the molecule is CN=C(NCCc1c[nH]c2cccc(C)c12)NCC(c1ccc(OC)cc1)N1CCOCC1. The molecule has 1 saturated heterocycles. The molecule has 1 unspecified atom stereocenters. The van der Waals surface area contributed by atoms with Gasteiger partial charge in [-0.2, -0.15) is 0 Å². The van der Waals surface area contributed by atoms with Gasteiger partial charge in [-0.1, -0.05) is 24.3 Å². The van der Waals surface area contributed by atoms with E-state index >= 15 is 0 Å². The fourth-order valence-corrected chi connectivity index (χ4v) is 4.55. The first kappa shape index (κ1) is 23.1. The molecule has 1 aliphatic heterocycles. The van der Waals surface area contributed by atoms with Gasteiger partial charge in [0.25, 0.3) is 0 Å². The minimum atomic E-state index is 0.231. The lowest BCUT2D eigenvalue weighted by atomic mass is 10.0. The fraction of sp³-hybridized carbons (Fsp3) is 0.423. The Bertz CT molecular complexity index is 1050. The maximum Gasteiger partial charge on any atom is 0.191 e. The van der Waals surface area contributed by atoms with Crippen LogP contribution in [0.1, 0.15) is 22.7 Å². The van der Waals surface area contributed by atoms with Gasteiger partial charge in [0.15, 0.2) is 5.96 Å². The van der Waals surface area contributed by atoms with Gasteiger partial charge in [0.2, 0.25) is 0 Å². The molecule has 2 heterocycles. The van der Waals surface area contributed by atoms with E-state index in [4.69, 9.17) is 9.47 Å². The van der Waals surface area contributed by atoms with Crippen molar-refractivity contribution in [2.45, 2.75) is 19.4 Å². The summed E-state index contributed by atoms with van der Waals surface area (Å²) in [5, 5.41) is 8.35. The third-order valence-corrected chi connectivity index (χ3v) is 6.36. The van der Waals surface area contributed by atoms with Crippen molar-refractivity contribution in [3.63, 3.8) is 0 Å². The number of fused-ring (bicyclic) bond motifs is 1. The zero-order valence-electron chi connectivity index (χ0n) is 19.9. The smallest absolute Gasteiger partial charge is 0.191 e. The standard InChI is InChI=1S/C26H35N5O2/c1-19-5-4-6-23-25(19)21(17-29-23)11-12-28-26(27-2)30-18-24(31-13-15-33-16-14-31)20-7-9-22(32-3)10-8-20/h4-10,17,24,29H,11-16,18H2,1-3H3,(H2,27,28,30). The van der Waals surface area contributed by atoms with Crippen molar-refractivity contribution >= 4 is 16.9 Å². The summed E-state index contributed by atoms with van der Waals surface area (Å²) in [5.74, 6) is 1.69. The summed E-state index contributed by atoms with van der Waals surface area (Å²) in [6, 6.07) is 15.0. The largest absolute Gasteiger partial charge is 0.497 e. The Labute approximate surface area is 196 Å². The van der Waals surface area contributed by atoms with Crippen LogP contribution in [0.3, 0.4) is 0 Å². The summed E-state index contributed by atoms with van der Waals surface area (Å²) in [5.41, 5.74) is 5.09. The van der Waals surface area contributed by atoms with Gasteiger partial charge in [-0.3, -0.25) is 9.89 Å². The summed E-state index contributed by atoms with van der Waals surface area (Å²) in [7, 11) is 3.52. The van der Waals surface area contributed by atoms with Gasteiger partial charge in [0, 0.05) is 50.3 Å². The van der Waals surface area contributed by atoms with Gasteiger partial charge in [0.05, 0.1) is 26.4 Å². The quantitative estimate of drug-likeness (QED) is 0.364. The second kappa shape index (κ2) is 11.2. The van der Waals surface area contributed by atoms with Gasteiger partial charge >= 0.3 is 0 Å². The number of rotatable bonds is 8. The second-order valence-electron chi connectivity index (χ2n) is 8.38. The van der Waals surface area contributed by atoms with Crippen molar-refractivity contribution in [2.75, 3.05) is 53.6 Å². The Kier molecular flexibility index (Phi) is 7.86. The molecule has 7 heteroatoms.